The number of aliphatic hydroxyl groups excluding tert-OH is 1. The molecule has 5 aromatic rings. The van der Waals surface area contributed by atoms with Crippen LogP contribution in [0.5, 0.6) is 11.5 Å². The molecule has 3 amide bonds. The van der Waals surface area contributed by atoms with Gasteiger partial charge in [-0.2, -0.15) is 0 Å². The zero-order valence-corrected chi connectivity index (χ0v) is 34.3. The zero-order valence-electron chi connectivity index (χ0n) is 33.3. The molecule has 0 bridgehead atoms. The molecule has 0 unspecified atom stereocenters. The Hall–Kier alpha value is -5.75. The number of benzene rings is 5. The minimum Gasteiger partial charge on any atom is -0.497 e. The maximum Gasteiger partial charge on any atom is 0.269 e. The van der Waals surface area contributed by atoms with Gasteiger partial charge in [0.2, 0.25) is 5.91 Å². The summed E-state index contributed by atoms with van der Waals surface area (Å²) < 4.78 is 18.5. The average molecular weight is 796 g/mol. The smallest absolute Gasteiger partial charge is 0.269 e. The second-order valence-corrected chi connectivity index (χ2v) is 20.6. The van der Waals surface area contributed by atoms with Gasteiger partial charge in [-0.3, -0.25) is 19.3 Å². The molecule has 0 saturated carbocycles. The number of methoxy groups -OCH3 is 1. The largest absolute Gasteiger partial charge is 0.497 e. The van der Waals surface area contributed by atoms with E-state index >= 15 is 4.79 Å². The first-order valence-corrected chi connectivity index (χ1v) is 22.9. The van der Waals surface area contributed by atoms with Crippen LogP contribution in [0.2, 0.25) is 18.6 Å². The molecule has 298 valence electrons. The van der Waals surface area contributed by atoms with Gasteiger partial charge in [-0.1, -0.05) is 110 Å². The zero-order chi connectivity index (χ0) is 40.6. The molecule has 0 aromatic heterocycles. The first-order chi connectivity index (χ1) is 28.1. The lowest BCUT2D eigenvalue weighted by Crippen LogP contribution is -2.52. The molecular weight excluding hydrogens is 747 g/mol. The minimum atomic E-state index is -2.52. The lowest BCUT2D eigenvalue weighted by Gasteiger charge is -2.37. The SMILES string of the molecule is COc1ccc([Si](C)(C)[C@H]2[C@H](CC(=O)N(CCO)Cc3ccccc3)O[C@@]3(C(=O)N(Cc4cccc(N5C(=O)COc6ccccc65)c4)c4ccccc43)[C@@H]2C)cc1. The predicted octanol–water partition coefficient (Wildman–Crippen LogP) is 6.93. The molecule has 5 aromatic carbocycles. The summed E-state index contributed by atoms with van der Waals surface area (Å²) in [7, 11) is -0.876. The number of nitrogens with zero attached hydrogens (tertiary/aromatic N) is 3. The average Bonchev–Trinajstić information content (AvgIpc) is 3.67. The van der Waals surface area contributed by atoms with Gasteiger partial charge in [0.1, 0.15) is 11.5 Å². The monoisotopic (exact) mass is 795 g/mol. The Kier molecular flexibility index (Phi) is 10.7. The minimum absolute atomic E-state index is 0.0583. The lowest BCUT2D eigenvalue weighted by atomic mass is 9.82. The summed E-state index contributed by atoms with van der Waals surface area (Å²) in [6, 6.07) is 40.9. The van der Waals surface area contributed by atoms with Gasteiger partial charge in [0.25, 0.3) is 11.8 Å². The molecule has 1 N–H and O–H groups in total. The molecule has 11 heteroatoms. The summed E-state index contributed by atoms with van der Waals surface area (Å²) in [6.07, 6.45) is -0.529. The van der Waals surface area contributed by atoms with Gasteiger partial charge in [-0.05, 0) is 59.1 Å². The van der Waals surface area contributed by atoms with Crippen LogP contribution in [-0.4, -0.2) is 68.8 Å². The Bertz CT molecular complexity index is 2320. The number of carbonyl (C=O) groups excluding carboxylic acids is 3. The van der Waals surface area contributed by atoms with Crippen molar-refractivity contribution in [1.82, 2.24) is 4.90 Å². The van der Waals surface area contributed by atoms with Crippen LogP contribution in [0.1, 0.15) is 30.0 Å². The fourth-order valence-electron chi connectivity index (χ4n) is 9.50. The summed E-state index contributed by atoms with van der Waals surface area (Å²) in [5.41, 5.74) is 3.22. The van der Waals surface area contributed by atoms with Crippen molar-refractivity contribution in [3.63, 3.8) is 0 Å². The molecule has 1 fully saturated rings. The molecule has 3 aliphatic rings. The van der Waals surface area contributed by atoms with Gasteiger partial charge in [0.05, 0.1) is 52.2 Å². The number of carbonyl (C=O) groups is 3. The third-order valence-corrected chi connectivity index (χ3v) is 16.6. The second kappa shape index (κ2) is 15.9. The predicted molar refractivity (Wildman–Crippen MR) is 226 cm³/mol. The Labute approximate surface area is 340 Å². The van der Waals surface area contributed by atoms with Crippen molar-refractivity contribution < 1.29 is 33.7 Å². The molecule has 10 nitrogen and oxygen atoms in total. The van der Waals surface area contributed by atoms with Crippen molar-refractivity contribution in [2.24, 2.45) is 5.92 Å². The van der Waals surface area contributed by atoms with Gasteiger partial charge in [0, 0.05) is 30.3 Å². The number of rotatable bonds is 12. The van der Waals surface area contributed by atoms with E-state index in [-0.39, 0.29) is 61.9 Å². The standard InChI is InChI=1S/C47H49N3O7Si/c1-32-45(58(3,4)37-23-21-36(55-2)22-24-37)42(28-43(52)48(25-26-51)29-33-13-6-5-7-14-33)57-47(32)38-17-8-9-18-39(38)49(46(47)54)30-34-15-12-16-35(27-34)50-40-19-10-11-20-41(40)56-31-44(50)53/h5-24,27,32,42,45,51H,25-26,28-31H2,1-4H3/t32-,42+,45-,47+/m1/s1. The van der Waals surface area contributed by atoms with Gasteiger partial charge in [0.15, 0.2) is 12.2 Å². The van der Waals surface area contributed by atoms with Gasteiger partial charge in [-0.25, -0.2) is 0 Å². The summed E-state index contributed by atoms with van der Waals surface area (Å²) in [5.74, 6) is 0.603. The molecule has 1 spiro atoms. The van der Waals surface area contributed by atoms with Crippen molar-refractivity contribution in [1.29, 1.82) is 0 Å². The molecule has 58 heavy (non-hydrogen) atoms. The summed E-state index contributed by atoms with van der Waals surface area (Å²) in [6.45, 7) is 7.25. The quantitative estimate of drug-likeness (QED) is 0.137. The van der Waals surface area contributed by atoms with Crippen LogP contribution in [0.25, 0.3) is 0 Å². The third-order valence-electron chi connectivity index (χ3n) is 12.3. The van der Waals surface area contributed by atoms with Gasteiger partial charge in [-0.15, -0.1) is 0 Å². The van der Waals surface area contributed by atoms with Crippen molar-refractivity contribution in [3.05, 3.63) is 144 Å². The number of aliphatic hydroxyl groups is 1. The van der Waals surface area contributed by atoms with E-state index in [0.29, 0.717) is 23.7 Å². The molecular formula is C47H49N3O7Si. The highest BCUT2D eigenvalue weighted by Crippen LogP contribution is 2.60. The number of fused-ring (bicyclic) bond motifs is 3. The van der Waals surface area contributed by atoms with Crippen LogP contribution in [0.3, 0.4) is 0 Å². The van der Waals surface area contributed by atoms with Crippen molar-refractivity contribution >= 4 is 48.0 Å². The van der Waals surface area contributed by atoms with Crippen LogP contribution in [0, 0.1) is 5.92 Å². The van der Waals surface area contributed by atoms with Crippen molar-refractivity contribution in [2.45, 2.75) is 56.8 Å². The fraction of sp³-hybridized carbons (Fsp3) is 0.298. The highest BCUT2D eigenvalue weighted by atomic mass is 28.3. The first kappa shape index (κ1) is 39.1. The van der Waals surface area contributed by atoms with Crippen LogP contribution < -0.4 is 24.5 Å². The van der Waals surface area contributed by atoms with E-state index in [1.54, 1.807) is 21.8 Å². The van der Waals surface area contributed by atoms with E-state index in [0.717, 1.165) is 28.1 Å². The van der Waals surface area contributed by atoms with Crippen LogP contribution in [0.4, 0.5) is 17.1 Å². The molecule has 0 radical (unpaired) electrons. The first-order valence-electron chi connectivity index (χ1n) is 19.9. The summed E-state index contributed by atoms with van der Waals surface area (Å²) in [4.78, 5) is 48.2. The lowest BCUT2D eigenvalue weighted by molar-refractivity contribution is -0.150. The van der Waals surface area contributed by atoms with E-state index in [9.17, 15) is 14.7 Å². The Morgan fingerprint density at radius 2 is 1.57 bits per heavy atom. The summed E-state index contributed by atoms with van der Waals surface area (Å²) in [5, 5.41) is 11.2. The second-order valence-electron chi connectivity index (χ2n) is 15.9. The number of hydrogen-bond acceptors (Lipinski definition) is 7. The van der Waals surface area contributed by atoms with Crippen molar-refractivity contribution in [3.8, 4) is 11.5 Å². The Morgan fingerprint density at radius 1 is 0.879 bits per heavy atom. The highest BCUT2D eigenvalue weighted by Gasteiger charge is 2.66. The molecule has 8 rings (SSSR count). The molecule has 0 aliphatic carbocycles. The molecule has 3 heterocycles. The Balaban J connectivity index is 1.16. The van der Waals surface area contributed by atoms with E-state index < -0.39 is 19.8 Å². The molecule has 3 aliphatic heterocycles. The fourth-order valence-corrected chi connectivity index (χ4v) is 13.5. The van der Waals surface area contributed by atoms with E-state index in [2.05, 4.69) is 32.2 Å². The highest BCUT2D eigenvalue weighted by molar-refractivity contribution is 6.91. The summed E-state index contributed by atoms with van der Waals surface area (Å²) >= 11 is 0. The third kappa shape index (κ3) is 6.86. The van der Waals surface area contributed by atoms with Gasteiger partial charge < -0.3 is 29.1 Å². The number of amides is 3. The molecule has 1 saturated heterocycles. The molecule has 4 atom stereocenters. The number of ether oxygens (including phenoxy) is 3. The topological polar surface area (TPSA) is 109 Å². The maximum absolute atomic E-state index is 15.4. The number of hydrogen-bond donors (Lipinski definition) is 1. The van der Waals surface area contributed by atoms with E-state index in [1.165, 1.54) is 5.19 Å². The van der Waals surface area contributed by atoms with E-state index in [4.69, 9.17) is 14.2 Å². The Morgan fingerprint density at radius 3 is 2.31 bits per heavy atom. The van der Waals surface area contributed by atoms with Crippen LogP contribution in [0.15, 0.2) is 127 Å². The van der Waals surface area contributed by atoms with Gasteiger partial charge >= 0.3 is 0 Å². The number of anilines is 3. The normalized spacial score (nSPS) is 21.2. The van der Waals surface area contributed by atoms with Crippen molar-refractivity contribution in [2.75, 3.05) is 36.7 Å². The number of para-hydroxylation sites is 3. The maximum atomic E-state index is 15.4. The van der Waals surface area contributed by atoms with Crippen LogP contribution in [-0.2, 0) is 37.8 Å². The van der Waals surface area contributed by atoms with E-state index in [1.807, 2.05) is 115 Å². The van der Waals surface area contributed by atoms with Crippen LogP contribution >= 0.6 is 0 Å².